The van der Waals surface area contributed by atoms with Crippen LogP contribution in [0.15, 0.2) is 26.6 Å². The summed E-state index contributed by atoms with van der Waals surface area (Å²) in [4.78, 5) is 35.5. The first kappa shape index (κ1) is 17.6. The molecular formula is C14H13ClFN3O5S. The Morgan fingerprint density at radius 3 is 2.28 bits per heavy atom. The number of benzene rings is 1. The molecule has 1 aliphatic heterocycles. The normalized spacial score (nSPS) is 15.0. The van der Waals surface area contributed by atoms with Crippen molar-refractivity contribution in [1.82, 2.24) is 13.9 Å². The van der Waals surface area contributed by atoms with Crippen LogP contribution in [0.4, 0.5) is 4.39 Å². The minimum absolute atomic E-state index is 0.152. The Morgan fingerprint density at radius 1 is 1.20 bits per heavy atom. The Labute approximate surface area is 147 Å². The lowest BCUT2D eigenvalue weighted by Gasteiger charge is -2.13. The second-order valence-corrected chi connectivity index (χ2v) is 7.30. The molecule has 2 aromatic rings. The fourth-order valence-corrected chi connectivity index (χ4v) is 4.04. The molecule has 11 heteroatoms. The predicted molar refractivity (Wildman–Crippen MR) is 87.4 cm³/mol. The SMILES string of the molecule is O=C(O)CS(=O)c1cc(-n2c(=O)n3n(c2=O)CCCC3)c(F)cc1Cl. The van der Waals surface area contributed by atoms with E-state index in [2.05, 4.69) is 0 Å². The highest BCUT2D eigenvalue weighted by molar-refractivity contribution is 7.85. The van der Waals surface area contributed by atoms with Crippen LogP contribution in [-0.2, 0) is 28.7 Å². The van der Waals surface area contributed by atoms with E-state index in [-0.39, 0.29) is 9.92 Å². The summed E-state index contributed by atoms with van der Waals surface area (Å²) >= 11 is 5.85. The first-order chi connectivity index (χ1) is 11.8. The van der Waals surface area contributed by atoms with E-state index in [0.717, 1.165) is 25.0 Å². The van der Waals surface area contributed by atoms with Gasteiger partial charge in [-0.2, -0.15) is 0 Å². The highest BCUT2D eigenvalue weighted by Gasteiger charge is 2.24. The topological polar surface area (TPSA) is 103 Å². The molecule has 3 rings (SSSR count). The van der Waals surface area contributed by atoms with Gasteiger partial charge in [-0.1, -0.05) is 11.6 Å². The van der Waals surface area contributed by atoms with Crippen LogP contribution in [0.3, 0.4) is 0 Å². The van der Waals surface area contributed by atoms with Crippen LogP contribution in [0.5, 0.6) is 0 Å². The maximum absolute atomic E-state index is 14.3. The van der Waals surface area contributed by atoms with Crippen molar-refractivity contribution >= 4 is 28.4 Å². The van der Waals surface area contributed by atoms with Crippen LogP contribution in [0.25, 0.3) is 5.69 Å². The molecule has 2 heterocycles. The molecule has 1 aromatic carbocycles. The van der Waals surface area contributed by atoms with Crippen LogP contribution in [-0.4, -0.2) is 35.0 Å². The number of nitrogens with zero attached hydrogens (tertiary/aromatic N) is 3. The lowest BCUT2D eigenvalue weighted by Crippen LogP contribution is -2.30. The van der Waals surface area contributed by atoms with Crippen molar-refractivity contribution < 1.29 is 18.5 Å². The van der Waals surface area contributed by atoms with E-state index in [1.54, 1.807) is 0 Å². The number of fused-ring (bicyclic) bond motifs is 1. The van der Waals surface area contributed by atoms with Crippen molar-refractivity contribution in [2.75, 3.05) is 5.75 Å². The Balaban J connectivity index is 2.21. The maximum Gasteiger partial charge on any atom is 0.351 e. The smallest absolute Gasteiger partial charge is 0.351 e. The summed E-state index contributed by atoms with van der Waals surface area (Å²) in [5, 5.41) is 8.52. The standard InChI is InChI=1S/C14H13ClFN3O5S/c15-8-5-9(16)10(6-11(8)25(24)7-12(20)21)19-13(22)17-3-1-2-4-18(17)14(19)23/h5-6H,1-4,7H2,(H,20,21). The minimum atomic E-state index is -2.05. The van der Waals surface area contributed by atoms with Crippen molar-refractivity contribution in [3.05, 3.63) is 43.9 Å². The highest BCUT2D eigenvalue weighted by atomic mass is 35.5. The first-order valence-electron chi connectivity index (χ1n) is 7.33. The molecule has 0 saturated carbocycles. The largest absolute Gasteiger partial charge is 0.481 e. The number of hydrogen-bond donors (Lipinski definition) is 1. The van der Waals surface area contributed by atoms with Gasteiger partial charge in [-0.15, -0.1) is 0 Å². The molecule has 0 bridgehead atoms. The van der Waals surface area contributed by atoms with Gasteiger partial charge < -0.3 is 5.11 Å². The first-order valence-corrected chi connectivity index (χ1v) is 9.03. The third-order valence-electron chi connectivity index (χ3n) is 3.85. The van der Waals surface area contributed by atoms with Gasteiger partial charge >= 0.3 is 17.3 Å². The number of aromatic nitrogens is 3. The van der Waals surface area contributed by atoms with Gasteiger partial charge in [0.05, 0.1) is 26.4 Å². The van der Waals surface area contributed by atoms with Crippen molar-refractivity contribution in [3.63, 3.8) is 0 Å². The number of carboxylic acids is 1. The molecule has 1 unspecified atom stereocenters. The van der Waals surface area contributed by atoms with Crippen molar-refractivity contribution in [3.8, 4) is 5.69 Å². The summed E-state index contributed by atoms with van der Waals surface area (Å²) in [6, 6.07) is 1.81. The van der Waals surface area contributed by atoms with Gasteiger partial charge in [0.25, 0.3) is 0 Å². The zero-order valence-electron chi connectivity index (χ0n) is 12.8. The number of rotatable bonds is 4. The fourth-order valence-electron chi connectivity index (χ4n) is 2.74. The second-order valence-electron chi connectivity index (χ2n) is 5.47. The molecule has 0 aliphatic carbocycles. The maximum atomic E-state index is 14.3. The number of hydrogen-bond acceptors (Lipinski definition) is 4. The van der Waals surface area contributed by atoms with Crippen molar-refractivity contribution in [1.29, 1.82) is 0 Å². The van der Waals surface area contributed by atoms with E-state index >= 15 is 0 Å². The summed E-state index contributed by atoms with van der Waals surface area (Å²) < 4.78 is 29.5. The lowest BCUT2D eigenvalue weighted by atomic mass is 10.3. The van der Waals surface area contributed by atoms with Crippen molar-refractivity contribution in [2.24, 2.45) is 0 Å². The third kappa shape index (κ3) is 3.07. The Kier molecular flexibility index (Phi) is 4.65. The van der Waals surface area contributed by atoms with E-state index in [9.17, 15) is 23.0 Å². The number of aliphatic carboxylic acids is 1. The molecule has 0 amide bonds. The summed E-state index contributed by atoms with van der Waals surface area (Å²) in [5.41, 5.74) is -1.82. The average molecular weight is 390 g/mol. The Hall–Kier alpha value is -2.20. The van der Waals surface area contributed by atoms with Gasteiger partial charge in [0.2, 0.25) is 0 Å². The van der Waals surface area contributed by atoms with Gasteiger partial charge in [0, 0.05) is 13.1 Å². The molecule has 0 radical (unpaired) electrons. The molecule has 0 fully saturated rings. The van der Waals surface area contributed by atoms with Gasteiger partial charge in [0.15, 0.2) is 0 Å². The number of halogens is 2. The minimum Gasteiger partial charge on any atom is -0.481 e. The molecular weight excluding hydrogens is 377 g/mol. The zero-order valence-corrected chi connectivity index (χ0v) is 14.3. The third-order valence-corrected chi connectivity index (χ3v) is 5.61. The molecule has 134 valence electrons. The number of carbonyl (C=O) groups is 1. The van der Waals surface area contributed by atoms with Crippen LogP contribution in [0.2, 0.25) is 5.02 Å². The van der Waals surface area contributed by atoms with E-state index < -0.39 is 45.4 Å². The van der Waals surface area contributed by atoms with Gasteiger partial charge in [0.1, 0.15) is 11.6 Å². The van der Waals surface area contributed by atoms with E-state index in [4.69, 9.17) is 16.7 Å². The van der Waals surface area contributed by atoms with Gasteiger partial charge in [-0.3, -0.25) is 9.00 Å². The lowest BCUT2D eigenvalue weighted by molar-refractivity contribution is -0.133. The Bertz CT molecular complexity index is 972. The molecule has 0 saturated heterocycles. The van der Waals surface area contributed by atoms with Gasteiger partial charge in [-0.25, -0.2) is 27.9 Å². The van der Waals surface area contributed by atoms with Crippen LogP contribution in [0, 0.1) is 5.82 Å². The number of carboxylic acid groups (broad SMARTS) is 1. The molecule has 1 aromatic heterocycles. The fraction of sp³-hybridized carbons (Fsp3) is 0.357. The van der Waals surface area contributed by atoms with Gasteiger partial charge in [-0.05, 0) is 25.0 Å². The molecule has 8 nitrogen and oxygen atoms in total. The van der Waals surface area contributed by atoms with Crippen LogP contribution >= 0.6 is 11.6 Å². The molecule has 25 heavy (non-hydrogen) atoms. The molecule has 0 spiro atoms. The highest BCUT2D eigenvalue weighted by Crippen LogP contribution is 2.25. The van der Waals surface area contributed by atoms with Crippen LogP contribution < -0.4 is 11.4 Å². The predicted octanol–water partition coefficient (Wildman–Crippen LogP) is 0.579. The summed E-state index contributed by atoms with van der Waals surface area (Å²) in [7, 11) is -2.05. The van der Waals surface area contributed by atoms with E-state index in [1.165, 1.54) is 9.36 Å². The second kappa shape index (κ2) is 6.60. The summed E-state index contributed by atoms with van der Waals surface area (Å²) in [6.45, 7) is 0.683. The quantitative estimate of drug-likeness (QED) is 0.823. The summed E-state index contributed by atoms with van der Waals surface area (Å²) in [6.07, 6.45) is 1.45. The van der Waals surface area contributed by atoms with Crippen molar-refractivity contribution in [2.45, 2.75) is 30.8 Å². The molecule has 1 atom stereocenters. The van der Waals surface area contributed by atoms with E-state index in [0.29, 0.717) is 17.7 Å². The Morgan fingerprint density at radius 2 is 1.76 bits per heavy atom. The molecule has 1 aliphatic rings. The average Bonchev–Trinajstić information content (AvgIpc) is 2.79. The molecule has 1 N–H and O–H groups in total. The van der Waals surface area contributed by atoms with Crippen LogP contribution in [0.1, 0.15) is 12.8 Å². The summed E-state index contributed by atoms with van der Waals surface area (Å²) in [5.74, 6) is -2.99. The zero-order chi connectivity index (χ0) is 18.3. The van der Waals surface area contributed by atoms with E-state index in [1.807, 2.05) is 0 Å². The monoisotopic (exact) mass is 389 g/mol.